The minimum atomic E-state index is -0.314. The van der Waals surface area contributed by atoms with Gasteiger partial charge in [-0.2, -0.15) is 0 Å². The van der Waals surface area contributed by atoms with Crippen molar-refractivity contribution in [3.8, 4) is 11.4 Å². The summed E-state index contributed by atoms with van der Waals surface area (Å²) in [5.74, 6) is 0.386. The maximum Gasteiger partial charge on any atom is 0.228 e. The first-order valence-electron chi connectivity index (χ1n) is 10.5. The molecule has 1 N–H and O–H groups in total. The molecule has 1 amide bonds. The standard InChI is InChI=1S/C23H21FN4O3S/c24-17-6-3-14(4-7-17)22-26-27-23(28(22)12-18-2-1-9-31-18)32-13-20(29)15-5-8-19-16(10-15)11-21(30)25-19/h3-8,10,18H,1-2,9,11-13H2,(H,25,30). The molecule has 0 saturated carbocycles. The zero-order valence-electron chi connectivity index (χ0n) is 17.2. The third-order valence-electron chi connectivity index (χ3n) is 5.61. The first-order valence-corrected chi connectivity index (χ1v) is 11.4. The molecule has 164 valence electrons. The maximum atomic E-state index is 13.4. The Labute approximate surface area is 188 Å². The van der Waals surface area contributed by atoms with Crippen molar-refractivity contribution in [1.29, 1.82) is 0 Å². The van der Waals surface area contributed by atoms with Crippen LogP contribution in [0.2, 0.25) is 0 Å². The van der Waals surface area contributed by atoms with Gasteiger partial charge in [0.05, 0.1) is 24.8 Å². The molecule has 2 aliphatic rings. The Morgan fingerprint density at radius 1 is 1.22 bits per heavy atom. The number of ether oxygens (including phenoxy) is 1. The number of Topliss-reactive ketones (excluding diaryl/α,β-unsaturated/α-hetero) is 1. The van der Waals surface area contributed by atoms with E-state index < -0.39 is 0 Å². The number of benzene rings is 2. The number of ketones is 1. The molecular weight excluding hydrogens is 431 g/mol. The molecule has 3 heterocycles. The highest BCUT2D eigenvalue weighted by atomic mass is 32.2. The van der Waals surface area contributed by atoms with Crippen LogP contribution in [-0.2, 0) is 22.5 Å². The fourth-order valence-electron chi connectivity index (χ4n) is 3.98. The first kappa shape index (κ1) is 20.8. The molecule has 0 radical (unpaired) electrons. The molecule has 1 fully saturated rings. The van der Waals surface area contributed by atoms with Crippen LogP contribution in [0.1, 0.15) is 28.8 Å². The quantitative estimate of drug-likeness (QED) is 0.434. The number of nitrogens with zero attached hydrogens (tertiary/aromatic N) is 3. The molecule has 1 atom stereocenters. The zero-order chi connectivity index (χ0) is 22.1. The minimum Gasteiger partial charge on any atom is -0.376 e. The van der Waals surface area contributed by atoms with Gasteiger partial charge in [-0.05, 0) is 60.9 Å². The van der Waals surface area contributed by atoms with Crippen LogP contribution in [0, 0.1) is 5.82 Å². The predicted molar refractivity (Wildman–Crippen MR) is 118 cm³/mol. The van der Waals surface area contributed by atoms with Gasteiger partial charge >= 0.3 is 0 Å². The number of halogens is 1. The lowest BCUT2D eigenvalue weighted by atomic mass is 10.1. The molecule has 2 aliphatic heterocycles. The number of nitrogens with one attached hydrogen (secondary N) is 1. The Hall–Kier alpha value is -3.04. The van der Waals surface area contributed by atoms with Gasteiger partial charge in [-0.25, -0.2) is 4.39 Å². The number of hydrogen-bond donors (Lipinski definition) is 1. The van der Waals surface area contributed by atoms with E-state index in [4.69, 9.17) is 4.74 Å². The number of thioether (sulfide) groups is 1. The van der Waals surface area contributed by atoms with E-state index in [0.29, 0.717) is 29.5 Å². The van der Waals surface area contributed by atoms with Crippen LogP contribution in [0.15, 0.2) is 47.6 Å². The Bertz CT molecular complexity index is 1170. The number of fused-ring (bicyclic) bond motifs is 1. The smallest absolute Gasteiger partial charge is 0.228 e. The van der Waals surface area contributed by atoms with Gasteiger partial charge in [-0.3, -0.25) is 14.2 Å². The molecule has 1 aromatic heterocycles. The molecular formula is C23H21FN4O3S. The third kappa shape index (κ3) is 4.31. The number of amides is 1. The van der Waals surface area contributed by atoms with Gasteiger partial charge in [0.15, 0.2) is 16.8 Å². The maximum absolute atomic E-state index is 13.4. The Morgan fingerprint density at radius 2 is 2.06 bits per heavy atom. The highest BCUT2D eigenvalue weighted by molar-refractivity contribution is 7.99. The van der Waals surface area contributed by atoms with Gasteiger partial charge < -0.3 is 10.1 Å². The Kier molecular flexibility index (Phi) is 5.75. The Morgan fingerprint density at radius 3 is 2.84 bits per heavy atom. The van der Waals surface area contributed by atoms with E-state index in [1.165, 1.54) is 23.9 Å². The van der Waals surface area contributed by atoms with Crippen molar-refractivity contribution in [2.45, 2.75) is 37.1 Å². The molecule has 1 saturated heterocycles. The molecule has 32 heavy (non-hydrogen) atoms. The average Bonchev–Trinajstić information content (AvgIpc) is 3.52. The molecule has 1 unspecified atom stereocenters. The highest BCUT2D eigenvalue weighted by Gasteiger charge is 2.23. The molecule has 0 bridgehead atoms. The van der Waals surface area contributed by atoms with E-state index in [0.717, 1.165) is 36.3 Å². The van der Waals surface area contributed by atoms with Gasteiger partial charge in [0.2, 0.25) is 5.91 Å². The van der Waals surface area contributed by atoms with E-state index in [1.54, 1.807) is 30.3 Å². The SMILES string of the molecule is O=C1Cc2cc(C(=O)CSc3nnc(-c4ccc(F)cc4)n3CC3CCCO3)ccc2N1. The fourth-order valence-corrected chi connectivity index (χ4v) is 4.82. The number of rotatable bonds is 7. The van der Waals surface area contributed by atoms with Crippen LogP contribution in [-0.4, -0.2) is 44.9 Å². The molecule has 2 aromatic carbocycles. The van der Waals surface area contributed by atoms with E-state index in [2.05, 4.69) is 15.5 Å². The van der Waals surface area contributed by atoms with Gasteiger partial charge in [0.25, 0.3) is 0 Å². The summed E-state index contributed by atoms with van der Waals surface area (Å²) in [7, 11) is 0. The van der Waals surface area contributed by atoms with Crippen LogP contribution >= 0.6 is 11.8 Å². The van der Waals surface area contributed by atoms with E-state index >= 15 is 0 Å². The van der Waals surface area contributed by atoms with Crippen molar-refractivity contribution < 1.29 is 18.7 Å². The fraction of sp³-hybridized carbons (Fsp3) is 0.304. The lowest BCUT2D eigenvalue weighted by Crippen LogP contribution is -2.17. The van der Waals surface area contributed by atoms with E-state index in [9.17, 15) is 14.0 Å². The number of hydrogen-bond acceptors (Lipinski definition) is 6. The summed E-state index contributed by atoms with van der Waals surface area (Å²) >= 11 is 1.31. The Balaban J connectivity index is 1.36. The zero-order valence-corrected chi connectivity index (χ0v) is 18.0. The molecule has 7 nitrogen and oxygen atoms in total. The number of carbonyl (C=O) groups is 2. The van der Waals surface area contributed by atoms with Crippen LogP contribution in [0.25, 0.3) is 11.4 Å². The molecule has 9 heteroatoms. The van der Waals surface area contributed by atoms with E-state index in [1.807, 2.05) is 4.57 Å². The van der Waals surface area contributed by atoms with Crippen molar-refractivity contribution in [2.75, 3.05) is 17.7 Å². The van der Waals surface area contributed by atoms with Crippen LogP contribution in [0.5, 0.6) is 0 Å². The number of aromatic nitrogens is 3. The van der Waals surface area contributed by atoms with Crippen molar-refractivity contribution in [1.82, 2.24) is 14.8 Å². The average molecular weight is 453 g/mol. The number of anilines is 1. The monoisotopic (exact) mass is 452 g/mol. The predicted octanol–water partition coefficient (Wildman–Crippen LogP) is 3.73. The lowest BCUT2D eigenvalue weighted by Gasteiger charge is -2.14. The third-order valence-corrected chi connectivity index (χ3v) is 6.58. The second-order valence-electron chi connectivity index (χ2n) is 7.87. The summed E-state index contributed by atoms with van der Waals surface area (Å²) in [5, 5.41) is 12.0. The van der Waals surface area contributed by atoms with Gasteiger partial charge in [0.1, 0.15) is 5.82 Å². The summed E-state index contributed by atoms with van der Waals surface area (Å²) in [6.45, 7) is 1.30. The summed E-state index contributed by atoms with van der Waals surface area (Å²) in [6.07, 6.45) is 2.31. The van der Waals surface area contributed by atoms with Crippen molar-refractivity contribution in [2.24, 2.45) is 0 Å². The van der Waals surface area contributed by atoms with Crippen LogP contribution in [0.4, 0.5) is 10.1 Å². The second-order valence-corrected chi connectivity index (χ2v) is 8.81. The topological polar surface area (TPSA) is 86.1 Å². The first-order chi connectivity index (χ1) is 15.6. The highest BCUT2D eigenvalue weighted by Crippen LogP contribution is 2.28. The van der Waals surface area contributed by atoms with Gasteiger partial charge in [0, 0.05) is 23.4 Å². The summed E-state index contributed by atoms with van der Waals surface area (Å²) in [4.78, 5) is 24.4. The van der Waals surface area contributed by atoms with Crippen molar-refractivity contribution >= 4 is 29.1 Å². The molecule has 0 aliphatic carbocycles. The molecule has 5 rings (SSSR count). The second kappa shape index (κ2) is 8.84. The molecule has 3 aromatic rings. The lowest BCUT2D eigenvalue weighted by molar-refractivity contribution is -0.115. The van der Waals surface area contributed by atoms with Crippen LogP contribution < -0.4 is 5.32 Å². The summed E-state index contributed by atoms with van der Waals surface area (Å²) in [5.41, 5.74) is 2.92. The van der Waals surface area contributed by atoms with E-state index in [-0.39, 0.29) is 29.4 Å². The van der Waals surface area contributed by atoms with Crippen molar-refractivity contribution in [3.63, 3.8) is 0 Å². The van der Waals surface area contributed by atoms with Crippen LogP contribution in [0.3, 0.4) is 0 Å². The molecule has 0 spiro atoms. The summed E-state index contributed by atoms with van der Waals surface area (Å²) < 4.78 is 21.1. The number of carbonyl (C=O) groups excluding carboxylic acids is 2. The van der Waals surface area contributed by atoms with Crippen molar-refractivity contribution in [3.05, 3.63) is 59.4 Å². The normalized spacial score (nSPS) is 17.4. The van der Waals surface area contributed by atoms with Gasteiger partial charge in [-0.15, -0.1) is 10.2 Å². The van der Waals surface area contributed by atoms with Gasteiger partial charge in [-0.1, -0.05) is 11.8 Å². The largest absolute Gasteiger partial charge is 0.376 e. The minimum absolute atomic E-state index is 0.0489. The summed E-state index contributed by atoms with van der Waals surface area (Å²) in [6, 6.07) is 11.4.